The summed E-state index contributed by atoms with van der Waals surface area (Å²) in [5.41, 5.74) is 6.36. The molecule has 2 aliphatic rings. The van der Waals surface area contributed by atoms with Gasteiger partial charge in [0.1, 0.15) is 0 Å². The predicted octanol–water partition coefficient (Wildman–Crippen LogP) is 2.97. The van der Waals surface area contributed by atoms with Crippen LogP contribution in [-0.4, -0.2) is 42.1 Å². The first-order valence-electron chi connectivity index (χ1n) is 7.85. The molecular formula is C15H30N2S. The van der Waals surface area contributed by atoms with Crippen molar-refractivity contribution < 1.29 is 0 Å². The van der Waals surface area contributed by atoms with E-state index < -0.39 is 0 Å². The highest BCUT2D eigenvalue weighted by Gasteiger charge is 2.29. The van der Waals surface area contributed by atoms with Gasteiger partial charge < -0.3 is 10.6 Å². The van der Waals surface area contributed by atoms with Crippen LogP contribution >= 0.6 is 11.8 Å². The van der Waals surface area contributed by atoms with Crippen LogP contribution in [0.25, 0.3) is 0 Å². The molecule has 3 atom stereocenters. The Balaban J connectivity index is 1.81. The van der Waals surface area contributed by atoms with E-state index in [-0.39, 0.29) is 0 Å². The van der Waals surface area contributed by atoms with Crippen LogP contribution in [0.5, 0.6) is 0 Å². The maximum Gasteiger partial charge on any atom is 0.00795 e. The SMILES string of the molecule is CCCC1CCC(N)C(CN2CCCSCC2)C1. The monoisotopic (exact) mass is 270 g/mol. The van der Waals surface area contributed by atoms with E-state index in [0.717, 1.165) is 11.8 Å². The van der Waals surface area contributed by atoms with E-state index in [1.54, 1.807) is 0 Å². The Labute approximate surface area is 117 Å². The summed E-state index contributed by atoms with van der Waals surface area (Å²) in [5, 5.41) is 0. The zero-order chi connectivity index (χ0) is 12.8. The fraction of sp³-hybridized carbons (Fsp3) is 1.00. The number of thioether (sulfide) groups is 1. The lowest BCUT2D eigenvalue weighted by molar-refractivity contribution is 0.157. The number of hydrogen-bond donors (Lipinski definition) is 1. The first kappa shape index (κ1) is 14.7. The predicted molar refractivity (Wildman–Crippen MR) is 82.1 cm³/mol. The van der Waals surface area contributed by atoms with Crippen molar-refractivity contribution in [2.24, 2.45) is 17.6 Å². The van der Waals surface area contributed by atoms with Crippen LogP contribution in [0.1, 0.15) is 45.4 Å². The summed E-state index contributed by atoms with van der Waals surface area (Å²) in [7, 11) is 0. The molecule has 106 valence electrons. The van der Waals surface area contributed by atoms with Gasteiger partial charge in [-0.05, 0) is 49.8 Å². The third kappa shape index (κ3) is 4.43. The molecule has 1 aliphatic heterocycles. The van der Waals surface area contributed by atoms with E-state index in [0.29, 0.717) is 6.04 Å². The molecule has 2 rings (SSSR count). The Morgan fingerprint density at radius 1 is 1.22 bits per heavy atom. The highest BCUT2D eigenvalue weighted by atomic mass is 32.2. The van der Waals surface area contributed by atoms with Gasteiger partial charge in [0.25, 0.3) is 0 Å². The van der Waals surface area contributed by atoms with Crippen LogP contribution in [0.2, 0.25) is 0 Å². The van der Waals surface area contributed by atoms with Gasteiger partial charge in [-0.25, -0.2) is 0 Å². The molecule has 0 radical (unpaired) electrons. The molecule has 0 spiro atoms. The second-order valence-electron chi connectivity index (χ2n) is 6.16. The van der Waals surface area contributed by atoms with Crippen molar-refractivity contribution in [1.82, 2.24) is 4.90 Å². The van der Waals surface area contributed by atoms with Crippen LogP contribution < -0.4 is 5.73 Å². The van der Waals surface area contributed by atoms with Crippen LogP contribution in [-0.2, 0) is 0 Å². The minimum Gasteiger partial charge on any atom is -0.327 e. The molecule has 0 aromatic carbocycles. The van der Waals surface area contributed by atoms with Crippen molar-refractivity contribution in [3.63, 3.8) is 0 Å². The van der Waals surface area contributed by atoms with Gasteiger partial charge in [-0.1, -0.05) is 19.8 Å². The van der Waals surface area contributed by atoms with Gasteiger partial charge in [0.05, 0.1) is 0 Å². The minimum absolute atomic E-state index is 0.467. The third-order valence-corrected chi connectivity index (χ3v) is 5.70. The topological polar surface area (TPSA) is 29.3 Å². The Kier molecular flexibility index (Phi) is 6.33. The van der Waals surface area contributed by atoms with Crippen molar-refractivity contribution in [2.45, 2.75) is 51.5 Å². The number of rotatable bonds is 4. The molecule has 2 fully saturated rings. The third-order valence-electron chi connectivity index (χ3n) is 4.65. The van der Waals surface area contributed by atoms with Gasteiger partial charge in [-0.2, -0.15) is 11.8 Å². The maximum atomic E-state index is 6.36. The number of nitrogens with two attached hydrogens (primary N) is 1. The minimum atomic E-state index is 0.467. The maximum absolute atomic E-state index is 6.36. The fourth-order valence-electron chi connectivity index (χ4n) is 3.58. The van der Waals surface area contributed by atoms with Gasteiger partial charge in [0.15, 0.2) is 0 Å². The molecule has 0 amide bonds. The molecule has 1 heterocycles. The molecule has 3 heteroatoms. The molecule has 0 bridgehead atoms. The van der Waals surface area contributed by atoms with Gasteiger partial charge in [-0.3, -0.25) is 0 Å². The molecule has 0 aromatic heterocycles. The van der Waals surface area contributed by atoms with Crippen molar-refractivity contribution >= 4 is 11.8 Å². The number of hydrogen-bond acceptors (Lipinski definition) is 3. The smallest absolute Gasteiger partial charge is 0.00795 e. The lowest BCUT2D eigenvalue weighted by Gasteiger charge is -2.37. The van der Waals surface area contributed by atoms with Crippen LogP contribution in [0.3, 0.4) is 0 Å². The summed E-state index contributed by atoms with van der Waals surface area (Å²) in [6.45, 7) is 6.17. The van der Waals surface area contributed by atoms with E-state index in [2.05, 4.69) is 23.6 Å². The van der Waals surface area contributed by atoms with Gasteiger partial charge in [0.2, 0.25) is 0 Å². The number of nitrogens with zero attached hydrogens (tertiary/aromatic N) is 1. The van der Waals surface area contributed by atoms with Gasteiger partial charge >= 0.3 is 0 Å². The summed E-state index contributed by atoms with van der Waals surface area (Å²) in [4.78, 5) is 2.68. The Bertz CT molecular complexity index is 227. The van der Waals surface area contributed by atoms with Crippen molar-refractivity contribution in [3.8, 4) is 0 Å². The quantitative estimate of drug-likeness (QED) is 0.851. The van der Waals surface area contributed by atoms with Crippen LogP contribution in [0, 0.1) is 11.8 Å². The zero-order valence-electron chi connectivity index (χ0n) is 11.9. The summed E-state index contributed by atoms with van der Waals surface area (Å²) in [6.07, 6.45) is 8.15. The normalized spacial score (nSPS) is 35.3. The van der Waals surface area contributed by atoms with Crippen LogP contribution in [0.15, 0.2) is 0 Å². The Morgan fingerprint density at radius 2 is 2.11 bits per heavy atom. The standard InChI is InChI=1S/C15H30N2S/c1-2-4-13-5-6-15(16)14(11-13)12-17-7-3-9-18-10-8-17/h13-15H,2-12,16H2,1H3. The Morgan fingerprint density at radius 3 is 2.94 bits per heavy atom. The summed E-state index contributed by atoms with van der Waals surface area (Å²) < 4.78 is 0. The van der Waals surface area contributed by atoms with E-state index in [4.69, 9.17) is 5.73 Å². The molecule has 0 aromatic rings. The largest absolute Gasteiger partial charge is 0.327 e. The molecule has 1 saturated heterocycles. The van der Waals surface area contributed by atoms with Crippen LogP contribution in [0.4, 0.5) is 0 Å². The second-order valence-corrected chi connectivity index (χ2v) is 7.38. The molecule has 18 heavy (non-hydrogen) atoms. The summed E-state index contributed by atoms with van der Waals surface area (Å²) in [5.74, 6) is 4.39. The fourth-order valence-corrected chi connectivity index (χ4v) is 4.50. The van der Waals surface area contributed by atoms with Gasteiger partial charge in [-0.15, -0.1) is 0 Å². The molecular weight excluding hydrogens is 240 g/mol. The molecule has 2 nitrogen and oxygen atoms in total. The lowest BCUT2D eigenvalue weighted by atomic mass is 9.76. The van der Waals surface area contributed by atoms with Crippen molar-refractivity contribution in [3.05, 3.63) is 0 Å². The molecule has 1 aliphatic carbocycles. The first-order valence-corrected chi connectivity index (χ1v) is 9.00. The lowest BCUT2D eigenvalue weighted by Crippen LogP contribution is -2.43. The van der Waals surface area contributed by atoms with E-state index in [1.807, 2.05) is 0 Å². The van der Waals surface area contributed by atoms with Gasteiger partial charge in [0, 0.05) is 24.9 Å². The molecule has 2 N–H and O–H groups in total. The van der Waals surface area contributed by atoms with Crippen molar-refractivity contribution in [1.29, 1.82) is 0 Å². The molecule has 3 unspecified atom stereocenters. The zero-order valence-corrected chi connectivity index (χ0v) is 12.8. The van der Waals surface area contributed by atoms with E-state index >= 15 is 0 Å². The average Bonchev–Trinajstić information content (AvgIpc) is 2.62. The summed E-state index contributed by atoms with van der Waals surface area (Å²) in [6, 6.07) is 0.467. The highest BCUT2D eigenvalue weighted by molar-refractivity contribution is 7.99. The van der Waals surface area contributed by atoms with E-state index in [1.165, 1.54) is 69.7 Å². The summed E-state index contributed by atoms with van der Waals surface area (Å²) >= 11 is 2.12. The second kappa shape index (κ2) is 7.76. The average molecular weight is 270 g/mol. The Hall–Kier alpha value is 0.270. The first-order chi connectivity index (χ1) is 8.79. The van der Waals surface area contributed by atoms with E-state index in [9.17, 15) is 0 Å². The van der Waals surface area contributed by atoms with Crippen molar-refractivity contribution in [2.75, 3.05) is 31.1 Å². The molecule has 1 saturated carbocycles. The highest BCUT2D eigenvalue weighted by Crippen LogP contribution is 2.32.